The van der Waals surface area contributed by atoms with E-state index in [0.29, 0.717) is 13.2 Å². The smallest absolute Gasteiger partial charge is 0.303 e. The quantitative estimate of drug-likeness (QED) is 0.262. The normalized spacial score (nSPS) is 11.9. The Morgan fingerprint density at radius 3 is 2.59 bits per heavy atom. The lowest BCUT2D eigenvalue weighted by atomic mass is 10.0. The number of hydrogen-bond acceptors (Lipinski definition) is 4. The van der Waals surface area contributed by atoms with Crippen molar-refractivity contribution in [3.63, 3.8) is 0 Å². The third-order valence-electron chi connectivity index (χ3n) is 5.93. The van der Waals surface area contributed by atoms with Crippen LogP contribution in [0.3, 0.4) is 0 Å². The van der Waals surface area contributed by atoms with Gasteiger partial charge in [-0.05, 0) is 43.9 Å². The molecule has 0 aliphatic carbocycles. The second kappa shape index (κ2) is 10.9. The molecule has 1 atom stereocenters. The van der Waals surface area contributed by atoms with E-state index in [-0.39, 0.29) is 12.3 Å². The monoisotopic (exact) mass is 458 g/mol. The molecule has 0 bridgehead atoms. The molecule has 0 fully saturated rings. The first-order valence-corrected chi connectivity index (χ1v) is 11.6. The number of hydrogen-bond donors (Lipinski definition) is 1. The number of carbonyl (C=O) groups is 1. The van der Waals surface area contributed by atoms with E-state index in [2.05, 4.69) is 34.7 Å². The molecule has 0 spiro atoms. The van der Waals surface area contributed by atoms with Crippen LogP contribution in [0.5, 0.6) is 5.75 Å². The Labute approximate surface area is 199 Å². The lowest BCUT2D eigenvalue weighted by Crippen LogP contribution is -2.09. The molecule has 0 amide bonds. The van der Waals surface area contributed by atoms with Gasteiger partial charge in [0, 0.05) is 35.0 Å². The number of nitrogens with zero attached hydrogens (tertiary/aromatic N) is 2. The van der Waals surface area contributed by atoms with Crippen LogP contribution in [-0.2, 0) is 11.3 Å². The van der Waals surface area contributed by atoms with Gasteiger partial charge in [0.05, 0.1) is 19.4 Å². The highest BCUT2D eigenvalue weighted by molar-refractivity contribution is 5.67. The number of aryl methyl sites for hydroxylation is 1. The minimum absolute atomic E-state index is 0.145. The summed E-state index contributed by atoms with van der Waals surface area (Å²) in [6, 6.07) is 20.1. The average Bonchev–Trinajstić information content (AvgIpc) is 3.48. The highest BCUT2D eigenvalue weighted by Gasteiger charge is 2.13. The number of carboxylic acid groups (broad SMARTS) is 1. The lowest BCUT2D eigenvalue weighted by Gasteiger charge is -2.15. The Balaban J connectivity index is 1.46. The highest BCUT2D eigenvalue weighted by atomic mass is 16.5. The van der Waals surface area contributed by atoms with E-state index in [1.807, 2.05) is 55.6 Å². The number of aromatic nitrogens is 2. The van der Waals surface area contributed by atoms with Gasteiger partial charge >= 0.3 is 5.97 Å². The molecule has 0 saturated heterocycles. The summed E-state index contributed by atoms with van der Waals surface area (Å²) in [5.74, 6) is 1.99. The molecular formula is C28H30N2O4. The van der Waals surface area contributed by atoms with E-state index in [1.54, 1.807) is 6.26 Å². The van der Waals surface area contributed by atoms with Crippen LogP contribution in [0.25, 0.3) is 22.7 Å². The third kappa shape index (κ3) is 5.76. The molecule has 0 aliphatic heterocycles. The third-order valence-corrected chi connectivity index (χ3v) is 5.93. The number of furan rings is 1. The van der Waals surface area contributed by atoms with Crippen LogP contribution in [0.2, 0.25) is 0 Å². The Bertz CT molecular complexity index is 1210. The molecule has 4 aromatic rings. The fourth-order valence-corrected chi connectivity index (χ4v) is 4.08. The number of rotatable bonds is 11. The second-order valence-corrected chi connectivity index (χ2v) is 8.67. The summed E-state index contributed by atoms with van der Waals surface area (Å²) < 4.78 is 13.8. The Morgan fingerprint density at radius 2 is 1.85 bits per heavy atom. The van der Waals surface area contributed by atoms with Gasteiger partial charge in [-0.15, -0.1) is 0 Å². The van der Waals surface area contributed by atoms with Gasteiger partial charge in [0.2, 0.25) is 0 Å². The maximum absolute atomic E-state index is 10.8. The molecule has 0 saturated carbocycles. The van der Waals surface area contributed by atoms with Gasteiger partial charge in [0.1, 0.15) is 17.3 Å². The summed E-state index contributed by atoms with van der Waals surface area (Å²) >= 11 is 0. The minimum atomic E-state index is -0.749. The SMILES string of the molecule is Cc1cnc(-c2ccc(-c3ccco3)cc2)n1Cc1ccccc1OCCCC(C)CC(=O)O. The lowest BCUT2D eigenvalue weighted by molar-refractivity contribution is -0.138. The van der Waals surface area contributed by atoms with Crippen molar-refractivity contribution in [1.29, 1.82) is 0 Å². The predicted octanol–water partition coefficient (Wildman–Crippen LogP) is 6.44. The molecule has 0 radical (unpaired) electrons. The van der Waals surface area contributed by atoms with Gasteiger partial charge in [-0.3, -0.25) is 4.79 Å². The first kappa shape index (κ1) is 23.4. The van der Waals surface area contributed by atoms with Gasteiger partial charge in [-0.1, -0.05) is 49.4 Å². The predicted molar refractivity (Wildman–Crippen MR) is 132 cm³/mol. The summed E-state index contributed by atoms with van der Waals surface area (Å²) in [6.07, 6.45) is 5.41. The summed E-state index contributed by atoms with van der Waals surface area (Å²) in [7, 11) is 0. The first-order valence-electron chi connectivity index (χ1n) is 11.6. The van der Waals surface area contributed by atoms with E-state index in [0.717, 1.165) is 52.6 Å². The minimum Gasteiger partial charge on any atom is -0.493 e. The van der Waals surface area contributed by atoms with Crippen molar-refractivity contribution in [1.82, 2.24) is 9.55 Å². The Kier molecular flexibility index (Phi) is 7.48. The van der Waals surface area contributed by atoms with Crippen molar-refractivity contribution in [3.8, 4) is 28.5 Å². The zero-order valence-corrected chi connectivity index (χ0v) is 19.6. The fourth-order valence-electron chi connectivity index (χ4n) is 4.08. The van der Waals surface area contributed by atoms with Gasteiger partial charge in [0.25, 0.3) is 0 Å². The number of imidazole rings is 1. The average molecular weight is 459 g/mol. The zero-order chi connectivity index (χ0) is 23.9. The topological polar surface area (TPSA) is 77.5 Å². The van der Waals surface area contributed by atoms with E-state index in [9.17, 15) is 4.79 Å². The standard InChI is InChI=1S/C28H30N2O4/c1-20(17-27(31)32)7-5-15-34-26-9-4-3-8-24(26)19-30-21(2)18-29-28(30)23-13-11-22(12-14-23)25-10-6-16-33-25/h3-4,6,8-14,16,18,20H,5,7,15,17,19H2,1-2H3,(H,31,32). The van der Waals surface area contributed by atoms with Crippen LogP contribution >= 0.6 is 0 Å². The van der Waals surface area contributed by atoms with Crippen LogP contribution < -0.4 is 4.74 Å². The molecule has 176 valence electrons. The Hall–Kier alpha value is -3.80. The molecule has 2 heterocycles. The summed E-state index contributed by atoms with van der Waals surface area (Å²) in [5.41, 5.74) is 4.22. The summed E-state index contributed by atoms with van der Waals surface area (Å²) in [6.45, 7) is 5.23. The first-order chi connectivity index (χ1) is 16.5. The maximum atomic E-state index is 10.8. The van der Waals surface area contributed by atoms with Crippen molar-refractivity contribution in [2.24, 2.45) is 5.92 Å². The molecular weight excluding hydrogens is 428 g/mol. The van der Waals surface area contributed by atoms with Gasteiger partial charge in [-0.2, -0.15) is 0 Å². The number of aliphatic carboxylic acids is 1. The summed E-state index contributed by atoms with van der Waals surface area (Å²) in [4.78, 5) is 15.5. The van der Waals surface area contributed by atoms with Gasteiger partial charge in [-0.25, -0.2) is 4.98 Å². The van der Waals surface area contributed by atoms with Gasteiger partial charge in [0.15, 0.2) is 0 Å². The molecule has 2 aromatic heterocycles. The zero-order valence-electron chi connectivity index (χ0n) is 19.6. The van der Waals surface area contributed by atoms with E-state index in [4.69, 9.17) is 14.3 Å². The van der Waals surface area contributed by atoms with Crippen LogP contribution in [0.15, 0.2) is 77.5 Å². The van der Waals surface area contributed by atoms with Crippen molar-refractivity contribution in [3.05, 3.63) is 84.4 Å². The van der Waals surface area contributed by atoms with Crippen LogP contribution in [0.4, 0.5) is 0 Å². The molecule has 4 rings (SSSR count). The van der Waals surface area contributed by atoms with E-state index >= 15 is 0 Å². The maximum Gasteiger partial charge on any atom is 0.303 e. The number of carboxylic acids is 1. The van der Waals surface area contributed by atoms with Crippen LogP contribution in [-0.4, -0.2) is 27.2 Å². The molecule has 2 aromatic carbocycles. The van der Waals surface area contributed by atoms with Gasteiger partial charge < -0.3 is 18.8 Å². The van der Waals surface area contributed by atoms with Crippen molar-refractivity contribution >= 4 is 5.97 Å². The molecule has 1 unspecified atom stereocenters. The number of benzene rings is 2. The highest BCUT2D eigenvalue weighted by Crippen LogP contribution is 2.27. The number of para-hydroxylation sites is 1. The van der Waals surface area contributed by atoms with Crippen LogP contribution in [0, 0.1) is 12.8 Å². The largest absolute Gasteiger partial charge is 0.493 e. The second-order valence-electron chi connectivity index (χ2n) is 8.67. The molecule has 34 heavy (non-hydrogen) atoms. The molecule has 0 aliphatic rings. The molecule has 6 nitrogen and oxygen atoms in total. The molecule has 6 heteroatoms. The molecule has 1 N–H and O–H groups in total. The van der Waals surface area contributed by atoms with Crippen LogP contribution in [0.1, 0.15) is 37.4 Å². The Morgan fingerprint density at radius 1 is 1.09 bits per heavy atom. The van der Waals surface area contributed by atoms with Crippen molar-refractivity contribution in [2.45, 2.75) is 39.7 Å². The van der Waals surface area contributed by atoms with E-state index in [1.165, 1.54) is 0 Å². The number of ether oxygens (including phenoxy) is 1. The van der Waals surface area contributed by atoms with Crippen molar-refractivity contribution < 1.29 is 19.1 Å². The van der Waals surface area contributed by atoms with E-state index < -0.39 is 5.97 Å². The summed E-state index contributed by atoms with van der Waals surface area (Å²) in [5, 5.41) is 8.92. The van der Waals surface area contributed by atoms with Crippen molar-refractivity contribution in [2.75, 3.05) is 6.61 Å². The fraction of sp³-hybridized carbons (Fsp3) is 0.286.